The number of hydrogen-bond acceptors (Lipinski definition) is 1. The molecule has 1 aliphatic carbocycles. The third-order valence-corrected chi connectivity index (χ3v) is 6.48. The predicted molar refractivity (Wildman–Crippen MR) is 123 cm³/mol. The van der Waals surface area contributed by atoms with Gasteiger partial charge in [0, 0.05) is 17.3 Å². The van der Waals surface area contributed by atoms with Gasteiger partial charge in [0.05, 0.1) is 30.2 Å². The Kier molecular flexibility index (Phi) is 7.39. The second-order valence-electron chi connectivity index (χ2n) is 8.42. The Bertz CT molecular complexity index is 869. The van der Waals surface area contributed by atoms with Crippen LogP contribution in [0.1, 0.15) is 43.2 Å². The molecule has 3 nitrogen and oxygen atoms in total. The van der Waals surface area contributed by atoms with E-state index in [1.807, 2.05) is 18.2 Å². The van der Waals surface area contributed by atoms with Crippen molar-refractivity contribution in [2.45, 2.75) is 44.7 Å². The lowest BCUT2D eigenvalue weighted by Gasteiger charge is -2.40. The molecule has 0 aliphatic heterocycles. The van der Waals surface area contributed by atoms with Crippen LogP contribution >= 0.6 is 23.2 Å². The van der Waals surface area contributed by atoms with Crippen LogP contribution in [0.3, 0.4) is 0 Å². The van der Waals surface area contributed by atoms with Gasteiger partial charge in [-0.15, -0.1) is 0 Å². The molecular formula is C24H29Cl2N2O+. The molecule has 0 bridgehead atoms. The normalized spacial score (nSPS) is 15.6. The second-order valence-corrected chi connectivity index (χ2v) is 9.24. The van der Waals surface area contributed by atoms with E-state index >= 15 is 0 Å². The highest BCUT2D eigenvalue weighted by atomic mass is 35.5. The standard InChI is InChI=1S/C24H28Cl2N2O/c1-28(2,21-6-4-3-5-7-21)17-19-8-12-20(13-9-19)27-24(29)15-11-18-10-14-22(25)23(26)16-18/h8-16,21H,3-7,17H2,1-2H3/p+1/b15-11+. The molecular weight excluding hydrogens is 403 g/mol. The molecule has 1 fully saturated rings. The maximum atomic E-state index is 12.2. The fraction of sp³-hybridized carbons (Fsp3) is 0.375. The zero-order chi connectivity index (χ0) is 20.9. The Morgan fingerprint density at radius 1 is 1.03 bits per heavy atom. The number of anilines is 1. The van der Waals surface area contributed by atoms with Crippen LogP contribution in [-0.2, 0) is 11.3 Å². The lowest BCUT2D eigenvalue weighted by molar-refractivity contribution is -0.929. The summed E-state index contributed by atoms with van der Waals surface area (Å²) in [7, 11) is 4.67. The molecule has 3 rings (SSSR count). The molecule has 1 saturated carbocycles. The monoisotopic (exact) mass is 431 g/mol. The number of hydrogen-bond donors (Lipinski definition) is 1. The molecule has 5 heteroatoms. The number of nitrogens with zero attached hydrogens (tertiary/aromatic N) is 1. The maximum absolute atomic E-state index is 12.2. The number of nitrogens with one attached hydrogen (secondary N) is 1. The summed E-state index contributed by atoms with van der Waals surface area (Å²) in [4.78, 5) is 12.2. The molecule has 0 aromatic heterocycles. The lowest BCUT2D eigenvalue weighted by atomic mass is 9.92. The quantitative estimate of drug-likeness (QED) is 0.407. The van der Waals surface area contributed by atoms with Gasteiger partial charge in [0.15, 0.2) is 0 Å². The van der Waals surface area contributed by atoms with Gasteiger partial charge in [-0.05, 0) is 61.6 Å². The summed E-state index contributed by atoms with van der Waals surface area (Å²) < 4.78 is 1.03. The smallest absolute Gasteiger partial charge is 0.248 e. The zero-order valence-corrected chi connectivity index (χ0v) is 18.6. The Morgan fingerprint density at radius 3 is 2.38 bits per heavy atom. The first-order valence-corrected chi connectivity index (χ1v) is 10.9. The highest BCUT2D eigenvalue weighted by Crippen LogP contribution is 2.28. The van der Waals surface area contributed by atoms with Gasteiger partial charge in [-0.3, -0.25) is 4.79 Å². The topological polar surface area (TPSA) is 29.1 Å². The molecule has 0 unspecified atom stereocenters. The van der Waals surface area contributed by atoms with Gasteiger partial charge in [0.2, 0.25) is 5.91 Å². The van der Waals surface area contributed by atoms with E-state index in [0.29, 0.717) is 10.0 Å². The molecule has 0 atom stereocenters. The summed E-state index contributed by atoms with van der Waals surface area (Å²) >= 11 is 11.9. The van der Waals surface area contributed by atoms with Crippen LogP contribution in [0.25, 0.3) is 6.08 Å². The van der Waals surface area contributed by atoms with Gasteiger partial charge >= 0.3 is 0 Å². The van der Waals surface area contributed by atoms with Crippen molar-refractivity contribution in [1.29, 1.82) is 0 Å². The molecule has 0 radical (unpaired) electrons. The molecule has 2 aromatic rings. The average molecular weight is 432 g/mol. The minimum absolute atomic E-state index is 0.179. The summed E-state index contributed by atoms with van der Waals surface area (Å²) in [6.07, 6.45) is 9.95. The zero-order valence-electron chi connectivity index (χ0n) is 17.1. The third-order valence-electron chi connectivity index (χ3n) is 5.75. The number of amides is 1. The van der Waals surface area contributed by atoms with Crippen molar-refractivity contribution >= 4 is 40.9 Å². The van der Waals surface area contributed by atoms with Crippen molar-refractivity contribution in [3.63, 3.8) is 0 Å². The van der Waals surface area contributed by atoms with Crippen LogP contribution in [0.15, 0.2) is 48.5 Å². The van der Waals surface area contributed by atoms with Gasteiger partial charge in [-0.1, -0.05) is 47.8 Å². The number of halogens is 2. The van der Waals surface area contributed by atoms with Crippen LogP contribution in [0.5, 0.6) is 0 Å². The highest BCUT2D eigenvalue weighted by molar-refractivity contribution is 6.42. The first-order chi connectivity index (χ1) is 13.8. The average Bonchev–Trinajstić information content (AvgIpc) is 2.71. The minimum Gasteiger partial charge on any atom is -0.323 e. The number of carbonyl (C=O) groups is 1. The molecule has 0 saturated heterocycles. The van der Waals surface area contributed by atoms with Crippen LogP contribution in [0.4, 0.5) is 5.69 Å². The van der Waals surface area contributed by atoms with Crippen molar-refractivity contribution in [2.75, 3.05) is 19.4 Å². The second kappa shape index (κ2) is 9.80. The van der Waals surface area contributed by atoms with Gasteiger partial charge in [-0.25, -0.2) is 0 Å². The molecule has 0 heterocycles. The molecule has 0 spiro atoms. The summed E-state index contributed by atoms with van der Waals surface area (Å²) in [5.41, 5.74) is 2.91. The Labute approximate surface area is 183 Å². The van der Waals surface area contributed by atoms with Gasteiger partial charge in [-0.2, -0.15) is 0 Å². The Hall–Kier alpha value is -1.81. The lowest BCUT2D eigenvalue weighted by Crippen LogP contribution is -2.48. The summed E-state index contributed by atoms with van der Waals surface area (Å²) in [6.45, 7) is 1.01. The minimum atomic E-state index is -0.179. The molecule has 1 aliphatic rings. The molecule has 1 N–H and O–H groups in total. The van der Waals surface area contributed by atoms with Crippen molar-refractivity contribution in [3.8, 4) is 0 Å². The molecule has 154 valence electrons. The van der Waals surface area contributed by atoms with E-state index in [4.69, 9.17) is 23.2 Å². The van der Waals surface area contributed by atoms with E-state index in [9.17, 15) is 4.79 Å². The van der Waals surface area contributed by atoms with E-state index in [-0.39, 0.29) is 5.91 Å². The van der Waals surface area contributed by atoms with E-state index in [1.165, 1.54) is 43.7 Å². The van der Waals surface area contributed by atoms with Gasteiger partial charge < -0.3 is 9.80 Å². The van der Waals surface area contributed by atoms with Crippen LogP contribution in [-0.4, -0.2) is 30.5 Å². The SMILES string of the molecule is C[N+](C)(Cc1ccc(NC(=O)/C=C/c2ccc(Cl)c(Cl)c2)cc1)C1CCCCC1. The van der Waals surface area contributed by atoms with Gasteiger partial charge in [0.25, 0.3) is 0 Å². The van der Waals surface area contributed by atoms with E-state index in [1.54, 1.807) is 18.2 Å². The Morgan fingerprint density at radius 2 is 1.72 bits per heavy atom. The molecule has 29 heavy (non-hydrogen) atoms. The highest BCUT2D eigenvalue weighted by Gasteiger charge is 2.29. The summed E-state index contributed by atoms with van der Waals surface area (Å²) in [5, 5.41) is 3.87. The van der Waals surface area contributed by atoms with E-state index in [2.05, 4.69) is 31.5 Å². The van der Waals surface area contributed by atoms with Gasteiger partial charge in [0.1, 0.15) is 6.54 Å². The fourth-order valence-electron chi connectivity index (χ4n) is 4.05. The fourth-order valence-corrected chi connectivity index (χ4v) is 4.35. The van der Waals surface area contributed by atoms with Crippen molar-refractivity contribution in [3.05, 3.63) is 69.7 Å². The van der Waals surface area contributed by atoms with Crippen molar-refractivity contribution in [1.82, 2.24) is 0 Å². The first kappa shape index (κ1) is 21.9. The molecule has 2 aromatic carbocycles. The summed E-state index contributed by atoms with van der Waals surface area (Å²) in [6, 6.07) is 14.2. The van der Waals surface area contributed by atoms with Crippen LogP contribution < -0.4 is 5.32 Å². The Balaban J connectivity index is 1.56. The molecule has 1 amide bonds. The maximum Gasteiger partial charge on any atom is 0.248 e. The van der Waals surface area contributed by atoms with Crippen molar-refractivity contribution < 1.29 is 9.28 Å². The van der Waals surface area contributed by atoms with Crippen molar-refractivity contribution in [2.24, 2.45) is 0 Å². The number of rotatable bonds is 6. The third kappa shape index (κ3) is 6.33. The number of benzene rings is 2. The van der Waals surface area contributed by atoms with E-state index in [0.717, 1.165) is 28.3 Å². The number of carbonyl (C=O) groups excluding carboxylic acids is 1. The van der Waals surface area contributed by atoms with Crippen LogP contribution in [0.2, 0.25) is 10.0 Å². The predicted octanol–water partition coefficient (Wildman–Crippen LogP) is 6.55. The number of quaternary nitrogens is 1. The van der Waals surface area contributed by atoms with Crippen LogP contribution in [0, 0.1) is 0 Å². The van der Waals surface area contributed by atoms with E-state index < -0.39 is 0 Å². The largest absolute Gasteiger partial charge is 0.323 e. The first-order valence-electron chi connectivity index (χ1n) is 10.2. The summed E-state index contributed by atoms with van der Waals surface area (Å²) in [5.74, 6) is -0.179.